The number of nitrogens with two attached hydrogens (primary N) is 1. The predicted molar refractivity (Wildman–Crippen MR) is 83.7 cm³/mol. The average molecular weight is 288 g/mol. The Hall–Kier alpha value is -1.65. The summed E-state index contributed by atoms with van der Waals surface area (Å²) >= 11 is 1.67. The van der Waals surface area contributed by atoms with Crippen LogP contribution in [0.1, 0.15) is 33.2 Å². The van der Waals surface area contributed by atoms with Crippen LogP contribution in [-0.4, -0.2) is 5.91 Å². The summed E-state index contributed by atoms with van der Waals surface area (Å²) in [4.78, 5) is 13.0. The molecule has 0 radical (unpaired) electrons. The van der Waals surface area contributed by atoms with Crippen LogP contribution < -0.4 is 11.1 Å². The molecule has 0 fully saturated rings. The molecule has 20 heavy (non-hydrogen) atoms. The van der Waals surface area contributed by atoms with Gasteiger partial charge in [-0.25, -0.2) is 0 Å². The van der Waals surface area contributed by atoms with Gasteiger partial charge in [-0.1, -0.05) is 23.8 Å². The third-order valence-electron chi connectivity index (χ3n) is 3.37. The second-order valence-corrected chi connectivity index (χ2v) is 6.14. The molecule has 3 N–H and O–H groups in total. The molecule has 1 amide bonds. The highest BCUT2D eigenvalue weighted by Gasteiger charge is 2.21. The number of rotatable bonds is 5. The number of hydrogen-bond acceptors (Lipinski definition) is 3. The topological polar surface area (TPSA) is 55.1 Å². The molecule has 0 bridgehead atoms. The van der Waals surface area contributed by atoms with Crippen molar-refractivity contribution in [3.05, 3.63) is 56.8 Å². The Morgan fingerprint density at radius 1 is 1.30 bits per heavy atom. The number of aryl methyl sites for hydroxylation is 3. The highest BCUT2D eigenvalue weighted by atomic mass is 32.1. The fraction of sp³-hybridized carbons (Fsp3) is 0.312. The fourth-order valence-corrected chi connectivity index (χ4v) is 3.26. The van der Waals surface area contributed by atoms with Gasteiger partial charge in [0.1, 0.15) is 6.04 Å². The molecule has 3 nitrogen and oxygen atoms in total. The van der Waals surface area contributed by atoms with E-state index < -0.39 is 6.04 Å². The van der Waals surface area contributed by atoms with Gasteiger partial charge in [0.25, 0.3) is 0 Å². The molecule has 0 aliphatic carbocycles. The Bertz CT molecular complexity index is 582. The van der Waals surface area contributed by atoms with Crippen LogP contribution in [0.2, 0.25) is 0 Å². The summed E-state index contributed by atoms with van der Waals surface area (Å²) in [6.07, 6.45) is 0. The SMILES string of the molecule is Cc1cc(C)c(C(NCc2cccs2)C(N)=O)c(C)c1. The fourth-order valence-electron chi connectivity index (χ4n) is 2.61. The number of amides is 1. The number of hydrogen-bond donors (Lipinski definition) is 2. The molecule has 106 valence electrons. The highest BCUT2D eigenvalue weighted by molar-refractivity contribution is 7.09. The van der Waals surface area contributed by atoms with Gasteiger partial charge < -0.3 is 5.73 Å². The maximum Gasteiger partial charge on any atom is 0.239 e. The third-order valence-corrected chi connectivity index (χ3v) is 4.25. The molecular formula is C16H20N2OS. The Kier molecular flexibility index (Phi) is 4.57. The van der Waals surface area contributed by atoms with Crippen molar-refractivity contribution >= 4 is 17.2 Å². The van der Waals surface area contributed by atoms with E-state index in [0.29, 0.717) is 6.54 Å². The zero-order chi connectivity index (χ0) is 14.7. The van der Waals surface area contributed by atoms with E-state index in [1.807, 2.05) is 31.4 Å². The lowest BCUT2D eigenvalue weighted by molar-refractivity contribution is -0.120. The van der Waals surface area contributed by atoms with Crippen molar-refractivity contribution in [3.63, 3.8) is 0 Å². The minimum atomic E-state index is -0.447. The average Bonchev–Trinajstić information content (AvgIpc) is 2.84. The van der Waals surface area contributed by atoms with E-state index in [4.69, 9.17) is 5.73 Å². The molecule has 0 spiro atoms. The Morgan fingerprint density at radius 2 is 1.95 bits per heavy atom. The van der Waals surface area contributed by atoms with Crippen LogP contribution in [0.4, 0.5) is 0 Å². The summed E-state index contributed by atoms with van der Waals surface area (Å²) in [6.45, 7) is 6.76. The lowest BCUT2D eigenvalue weighted by Crippen LogP contribution is -2.34. The first-order valence-corrected chi connectivity index (χ1v) is 7.50. The van der Waals surface area contributed by atoms with Crippen molar-refractivity contribution in [1.29, 1.82) is 0 Å². The van der Waals surface area contributed by atoms with Crippen molar-refractivity contribution in [3.8, 4) is 0 Å². The Balaban J connectivity index is 2.27. The molecule has 1 atom stereocenters. The molecular weight excluding hydrogens is 268 g/mol. The van der Waals surface area contributed by atoms with E-state index in [0.717, 1.165) is 16.7 Å². The zero-order valence-electron chi connectivity index (χ0n) is 12.1. The molecule has 0 saturated heterocycles. The van der Waals surface area contributed by atoms with Crippen LogP contribution in [0.25, 0.3) is 0 Å². The van der Waals surface area contributed by atoms with Crippen LogP contribution in [0.3, 0.4) is 0 Å². The number of primary amides is 1. The summed E-state index contributed by atoms with van der Waals surface area (Å²) in [7, 11) is 0. The predicted octanol–water partition coefficient (Wildman–Crippen LogP) is 2.99. The lowest BCUT2D eigenvalue weighted by atomic mass is 9.93. The van der Waals surface area contributed by atoms with Gasteiger partial charge in [-0.05, 0) is 48.9 Å². The summed E-state index contributed by atoms with van der Waals surface area (Å²) in [6, 6.07) is 7.78. The van der Waals surface area contributed by atoms with E-state index in [1.54, 1.807) is 11.3 Å². The lowest BCUT2D eigenvalue weighted by Gasteiger charge is -2.20. The van der Waals surface area contributed by atoms with E-state index in [9.17, 15) is 4.79 Å². The third kappa shape index (κ3) is 3.26. The largest absolute Gasteiger partial charge is 0.368 e. The van der Waals surface area contributed by atoms with E-state index >= 15 is 0 Å². The van der Waals surface area contributed by atoms with Crippen LogP contribution >= 0.6 is 11.3 Å². The number of carbonyl (C=O) groups excluding carboxylic acids is 1. The van der Waals surface area contributed by atoms with Crippen molar-refractivity contribution in [2.45, 2.75) is 33.4 Å². The number of carbonyl (C=O) groups is 1. The maximum atomic E-state index is 11.8. The molecule has 4 heteroatoms. The van der Waals surface area contributed by atoms with Gasteiger partial charge in [-0.2, -0.15) is 0 Å². The minimum Gasteiger partial charge on any atom is -0.368 e. The van der Waals surface area contributed by atoms with Gasteiger partial charge in [0.05, 0.1) is 0 Å². The maximum absolute atomic E-state index is 11.8. The van der Waals surface area contributed by atoms with Crippen LogP contribution in [0.15, 0.2) is 29.6 Å². The summed E-state index contributed by atoms with van der Waals surface area (Å²) in [5.41, 5.74) is 9.99. The van der Waals surface area contributed by atoms with Crippen LogP contribution in [0.5, 0.6) is 0 Å². The van der Waals surface area contributed by atoms with Gasteiger partial charge in [0, 0.05) is 11.4 Å². The quantitative estimate of drug-likeness (QED) is 0.888. The van der Waals surface area contributed by atoms with Gasteiger partial charge in [-0.3, -0.25) is 10.1 Å². The Morgan fingerprint density at radius 3 is 2.45 bits per heavy atom. The second-order valence-electron chi connectivity index (χ2n) is 5.11. The van der Waals surface area contributed by atoms with E-state index in [2.05, 4.69) is 24.4 Å². The summed E-state index contributed by atoms with van der Waals surface area (Å²) in [5.74, 6) is -0.336. The standard InChI is InChI=1S/C16H20N2OS/c1-10-7-11(2)14(12(3)8-10)15(16(17)19)18-9-13-5-4-6-20-13/h4-8,15,18H,9H2,1-3H3,(H2,17,19). The summed E-state index contributed by atoms with van der Waals surface area (Å²) in [5, 5.41) is 5.30. The normalized spacial score (nSPS) is 12.3. The van der Waals surface area contributed by atoms with Crippen molar-refractivity contribution in [2.24, 2.45) is 5.73 Å². The molecule has 1 unspecified atom stereocenters. The van der Waals surface area contributed by atoms with E-state index in [-0.39, 0.29) is 5.91 Å². The molecule has 2 aromatic rings. The second kappa shape index (κ2) is 6.20. The van der Waals surface area contributed by atoms with Crippen LogP contribution in [-0.2, 0) is 11.3 Å². The number of thiophene rings is 1. The molecule has 0 saturated carbocycles. The van der Waals surface area contributed by atoms with Gasteiger partial charge >= 0.3 is 0 Å². The highest BCUT2D eigenvalue weighted by Crippen LogP contribution is 2.24. The van der Waals surface area contributed by atoms with Gasteiger partial charge in [-0.15, -0.1) is 11.3 Å². The first kappa shape index (κ1) is 14.8. The van der Waals surface area contributed by atoms with Crippen molar-refractivity contribution < 1.29 is 4.79 Å². The first-order valence-electron chi connectivity index (χ1n) is 6.62. The molecule has 0 aliphatic heterocycles. The van der Waals surface area contributed by atoms with Crippen molar-refractivity contribution in [2.75, 3.05) is 0 Å². The Labute approximate surface area is 123 Å². The molecule has 1 aromatic heterocycles. The number of benzene rings is 1. The monoisotopic (exact) mass is 288 g/mol. The molecule has 2 rings (SSSR count). The summed E-state index contributed by atoms with van der Waals surface area (Å²) < 4.78 is 0. The molecule has 1 heterocycles. The van der Waals surface area contributed by atoms with Crippen LogP contribution in [0, 0.1) is 20.8 Å². The zero-order valence-corrected chi connectivity index (χ0v) is 12.9. The first-order chi connectivity index (χ1) is 9.49. The van der Waals surface area contributed by atoms with E-state index in [1.165, 1.54) is 10.4 Å². The minimum absolute atomic E-state index is 0.336. The van der Waals surface area contributed by atoms with Crippen molar-refractivity contribution in [1.82, 2.24) is 5.32 Å². The number of nitrogens with one attached hydrogen (secondary N) is 1. The van der Waals surface area contributed by atoms with Gasteiger partial charge in [0.2, 0.25) is 5.91 Å². The molecule has 1 aromatic carbocycles. The molecule has 0 aliphatic rings. The van der Waals surface area contributed by atoms with Gasteiger partial charge in [0.15, 0.2) is 0 Å². The smallest absolute Gasteiger partial charge is 0.239 e.